The third-order valence-corrected chi connectivity index (χ3v) is 4.29. The van der Waals surface area contributed by atoms with Crippen molar-refractivity contribution in [2.24, 2.45) is 0 Å². The van der Waals surface area contributed by atoms with Gasteiger partial charge in [0, 0.05) is 44.1 Å². The molecule has 0 saturated carbocycles. The lowest BCUT2D eigenvalue weighted by atomic mass is 10.2. The minimum absolute atomic E-state index is 0.190. The molecule has 1 aliphatic heterocycles. The lowest BCUT2D eigenvalue weighted by molar-refractivity contribution is 0.251. The van der Waals surface area contributed by atoms with E-state index in [2.05, 4.69) is 51.7 Å². The summed E-state index contributed by atoms with van der Waals surface area (Å²) in [6.45, 7) is 4.84. The Balaban J connectivity index is 1.48. The van der Waals surface area contributed by atoms with Crippen molar-refractivity contribution < 1.29 is 4.79 Å². The number of amides is 2. The van der Waals surface area contributed by atoms with Crippen LogP contribution in [-0.2, 0) is 6.54 Å². The molecule has 1 heterocycles. The topological polar surface area (TPSA) is 47.6 Å². The molecule has 2 aromatic rings. The summed E-state index contributed by atoms with van der Waals surface area (Å²) in [7, 11) is 2.16. The molecule has 24 heavy (non-hydrogen) atoms. The van der Waals surface area contributed by atoms with Crippen molar-refractivity contribution in [3.8, 4) is 0 Å². The minimum atomic E-state index is -0.190. The minimum Gasteiger partial charge on any atom is -0.369 e. The Morgan fingerprint density at radius 2 is 1.62 bits per heavy atom. The number of hydrogen-bond donors (Lipinski definition) is 2. The van der Waals surface area contributed by atoms with E-state index in [1.807, 2.05) is 30.3 Å². The third-order valence-electron chi connectivity index (χ3n) is 4.29. The van der Waals surface area contributed by atoms with E-state index >= 15 is 0 Å². The van der Waals surface area contributed by atoms with E-state index in [0.29, 0.717) is 6.54 Å². The Hall–Kier alpha value is -2.53. The van der Waals surface area contributed by atoms with E-state index < -0.39 is 0 Å². The summed E-state index contributed by atoms with van der Waals surface area (Å²) in [5.74, 6) is 0. The SMILES string of the molecule is CN1CCN(c2ccc(CNC(=O)Nc3ccccc3)cc2)CC1. The van der Waals surface area contributed by atoms with Crippen LogP contribution in [0.3, 0.4) is 0 Å². The first-order chi connectivity index (χ1) is 11.7. The van der Waals surface area contributed by atoms with Gasteiger partial charge in [0.05, 0.1) is 0 Å². The van der Waals surface area contributed by atoms with Gasteiger partial charge in [-0.1, -0.05) is 30.3 Å². The Morgan fingerprint density at radius 3 is 2.29 bits per heavy atom. The van der Waals surface area contributed by atoms with E-state index in [1.165, 1.54) is 5.69 Å². The number of hydrogen-bond acceptors (Lipinski definition) is 3. The van der Waals surface area contributed by atoms with Crippen LogP contribution >= 0.6 is 0 Å². The molecule has 2 amide bonds. The lowest BCUT2D eigenvalue weighted by Gasteiger charge is -2.34. The first-order valence-corrected chi connectivity index (χ1v) is 8.33. The van der Waals surface area contributed by atoms with Crippen LogP contribution in [0.4, 0.5) is 16.2 Å². The number of urea groups is 1. The van der Waals surface area contributed by atoms with E-state index in [0.717, 1.165) is 37.4 Å². The van der Waals surface area contributed by atoms with Gasteiger partial charge in [0.1, 0.15) is 0 Å². The number of likely N-dealkylation sites (N-methyl/N-ethyl adjacent to an activating group) is 1. The molecule has 0 spiro atoms. The number of carbonyl (C=O) groups excluding carboxylic acids is 1. The van der Waals surface area contributed by atoms with E-state index in [9.17, 15) is 4.79 Å². The van der Waals surface area contributed by atoms with Gasteiger partial charge in [-0.05, 0) is 36.9 Å². The van der Waals surface area contributed by atoms with Gasteiger partial charge in [-0.15, -0.1) is 0 Å². The summed E-state index contributed by atoms with van der Waals surface area (Å²) in [6.07, 6.45) is 0. The fourth-order valence-electron chi connectivity index (χ4n) is 2.77. The molecular formula is C19H24N4O. The number of piperazine rings is 1. The van der Waals surface area contributed by atoms with E-state index in [-0.39, 0.29) is 6.03 Å². The van der Waals surface area contributed by atoms with Crippen LogP contribution in [0.5, 0.6) is 0 Å². The van der Waals surface area contributed by atoms with Crippen LogP contribution in [0.15, 0.2) is 54.6 Å². The molecule has 0 unspecified atom stereocenters. The van der Waals surface area contributed by atoms with Crippen molar-refractivity contribution in [1.82, 2.24) is 10.2 Å². The summed E-state index contributed by atoms with van der Waals surface area (Å²) in [4.78, 5) is 16.6. The first kappa shape index (κ1) is 16.3. The molecule has 2 N–H and O–H groups in total. The largest absolute Gasteiger partial charge is 0.369 e. The zero-order valence-corrected chi connectivity index (χ0v) is 14.0. The summed E-state index contributed by atoms with van der Waals surface area (Å²) >= 11 is 0. The predicted octanol–water partition coefficient (Wildman–Crippen LogP) is 2.76. The van der Waals surface area contributed by atoms with Crippen LogP contribution < -0.4 is 15.5 Å². The molecule has 0 bridgehead atoms. The van der Waals surface area contributed by atoms with Gasteiger partial charge >= 0.3 is 6.03 Å². The van der Waals surface area contributed by atoms with E-state index in [1.54, 1.807) is 0 Å². The fraction of sp³-hybridized carbons (Fsp3) is 0.316. The number of benzene rings is 2. The molecule has 126 valence electrons. The number of carbonyl (C=O) groups is 1. The quantitative estimate of drug-likeness (QED) is 0.909. The molecule has 0 aromatic heterocycles. The molecule has 5 heteroatoms. The van der Waals surface area contributed by atoms with Gasteiger partial charge < -0.3 is 20.4 Å². The fourth-order valence-corrected chi connectivity index (χ4v) is 2.77. The molecule has 0 atom stereocenters. The predicted molar refractivity (Wildman–Crippen MR) is 98.5 cm³/mol. The standard InChI is InChI=1S/C19H24N4O/c1-22-11-13-23(14-12-22)18-9-7-16(8-10-18)15-20-19(24)21-17-5-3-2-4-6-17/h2-10H,11-15H2,1H3,(H2,20,21,24). The number of para-hydroxylation sites is 1. The van der Waals surface area contributed by atoms with Gasteiger partial charge in [-0.3, -0.25) is 0 Å². The Morgan fingerprint density at radius 1 is 0.958 bits per heavy atom. The molecule has 1 aliphatic rings. The lowest BCUT2D eigenvalue weighted by Crippen LogP contribution is -2.44. The van der Waals surface area contributed by atoms with Crippen LogP contribution in [-0.4, -0.2) is 44.2 Å². The highest BCUT2D eigenvalue weighted by Gasteiger charge is 2.13. The van der Waals surface area contributed by atoms with Crippen LogP contribution in [0.1, 0.15) is 5.56 Å². The van der Waals surface area contributed by atoms with Gasteiger partial charge in [0.15, 0.2) is 0 Å². The molecule has 5 nitrogen and oxygen atoms in total. The normalized spacial score (nSPS) is 15.1. The molecule has 3 rings (SSSR count). The molecule has 0 aliphatic carbocycles. The van der Waals surface area contributed by atoms with Crippen molar-refractivity contribution in [2.45, 2.75) is 6.54 Å². The molecule has 1 fully saturated rings. The van der Waals surface area contributed by atoms with Gasteiger partial charge in [-0.25, -0.2) is 4.79 Å². The first-order valence-electron chi connectivity index (χ1n) is 8.33. The second-order valence-corrected chi connectivity index (χ2v) is 6.13. The van der Waals surface area contributed by atoms with Crippen molar-refractivity contribution in [2.75, 3.05) is 43.4 Å². The monoisotopic (exact) mass is 324 g/mol. The van der Waals surface area contributed by atoms with Gasteiger partial charge in [0.25, 0.3) is 0 Å². The Bertz CT molecular complexity index is 649. The Kier molecular flexibility index (Phi) is 5.33. The zero-order chi connectivity index (χ0) is 16.8. The highest BCUT2D eigenvalue weighted by atomic mass is 16.2. The van der Waals surface area contributed by atoms with Gasteiger partial charge in [0.2, 0.25) is 0 Å². The Labute approximate surface area is 143 Å². The third kappa shape index (κ3) is 4.49. The maximum Gasteiger partial charge on any atom is 0.319 e. The highest BCUT2D eigenvalue weighted by Crippen LogP contribution is 2.17. The number of nitrogens with one attached hydrogen (secondary N) is 2. The number of nitrogens with zero attached hydrogens (tertiary/aromatic N) is 2. The van der Waals surface area contributed by atoms with Crippen molar-refractivity contribution >= 4 is 17.4 Å². The average molecular weight is 324 g/mol. The molecular weight excluding hydrogens is 300 g/mol. The van der Waals surface area contributed by atoms with Crippen LogP contribution in [0.2, 0.25) is 0 Å². The number of anilines is 2. The highest BCUT2D eigenvalue weighted by molar-refractivity contribution is 5.89. The van der Waals surface area contributed by atoms with Crippen molar-refractivity contribution in [3.63, 3.8) is 0 Å². The van der Waals surface area contributed by atoms with Crippen molar-refractivity contribution in [1.29, 1.82) is 0 Å². The summed E-state index contributed by atoms with van der Waals surface area (Å²) in [6, 6.07) is 17.7. The second-order valence-electron chi connectivity index (χ2n) is 6.13. The maximum absolute atomic E-state index is 11.9. The van der Waals surface area contributed by atoms with Gasteiger partial charge in [-0.2, -0.15) is 0 Å². The molecule has 2 aromatic carbocycles. The van der Waals surface area contributed by atoms with Crippen LogP contribution in [0, 0.1) is 0 Å². The molecule has 0 radical (unpaired) electrons. The summed E-state index contributed by atoms with van der Waals surface area (Å²) in [5, 5.41) is 5.70. The maximum atomic E-state index is 11.9. The summed E-state index contributed by atoms with van der Waals surface area (Å²) < 4.78 is 0. The second kappa shape index (κ2) is 7.84. The average Bonchev–Trinajstić information content (AvgIpc) is 2.62. The van der Waals surface area contributed by atoms with Crippen LogP contribution in [0.25, 0.3) is 0 Å². The zero-order valence-electron chi connectivity index (χ0n) is 14.0. The number of rotatable bonds is 4. The van der Waals surface area contributed by atoms with Crippen molar-refractivity contribution in [3.05, 3.63) is 60.2 Å². The smallest absolute Gasteiger partial charge is 0.319 e. The summed E-state index contributed by atoms with van der Waals surface area (Å²) in [5.41, 5.74) is 3.14. The molecule has 1 saturated heterocycles. The van der Waals surface area contributed by atoms with E-state index in [4.69, 9.17) is 0 Å².